The Balaban J connectivity index is 2.18. The Kier molecular flexibility index (Phi) is 5.07. The zero-order valence-corrected chi connectivity index (χ0v) is 13.0. The number of nitrogens with two attached hydrogens (primary N) is 1. The predicted octanol–water partition coefficient (Wildman–Crippen LogP) is 1.72. The summed E-state index contributed by atoms with van der Waals surface area (Å²) in [5, 5.41) is 0. The lowest BCUT2D eigenvalue weighted by Crippen LogP contribution is -2.45. The van der Waals surface area contributed by atoms with Crippen molar-refractivity contribution < 1.29 is 14.3 Å². The molecule has 1 unspecified atom stereocenters. The topological polar surface area (TPSA) is 64.8 Å². The third-order valence-corrected chi connectivity index (χ3v) is 3.95. The number of hydrogen-bond donors (Lipinski definition) is 1. The average molecular weight is 292 g/mol. The number of nitrogens with zero attached hydrogens (tertiary/aromatic N) is 1. The van der Waals surface area contributed by atoms with E-state index in [4.69, 9.17) is 15.2 Å². The average Bonchev–Trinajstić information content (AvgIpc) is 2.52. The van der Waals surface area contributed by atoms with E-state index in [1.54, 1.807) is 14.2 Å². The summed E-state index contributed by atoms with van der Waals surface area (Å²) in [7, 11) is 3.25. The van der Waals surface area contributed by atoms with Crippen LogP contribution in [0.1, 0.15) is 30.9 Å². The summed E-state index contributed by atoms with van der Waals surface area (Å²) >= 11 is 0. The van der Waals surface area contributed by atoms with Crippen molar-refractivity contribution in [3.05, 3.63) is 23.3 Å². The second-order valence-electron chi connectivity index (χ2n) is 5.38. The smallest absolute Gasteiger partial charge is 0.239 e. The van der Waals surface area contributed by atoms with Gasteiger partial charge < -0.3 is 20.1 Å². The van der Waals surface area contributed by atoms with Gasteiger partial charge in [0.1, 0.15) is 0 Å². The number of ether oxygens (including phenoxy) is 2. The minimum absolute atomic E-state index is 0.0392. The van der Waals surface area contributed by atoms with Crippen molar-refractivity contribution in [1.29, 1.82) is 0 Å². The molecule has 0 aromatic heterocycles. The fourth-order valence-corrected chi connectivity index (χ4v) is 2.74. The van der Waals surface area contributed by atoms with Crippen LogP contribution in [0.25, 0.3) is 0 Å². The highest BCUT2D eigenvalue weighted by molar-refractivity contribution is 5.82. The maximum Gasteiger partial charge on any atom is 0.239 e. The number of benzene rings is 1. The van der Waals surface area contributed by atoms with E-state index in [9.17, 15) is 4.79 Å². The van der Waals surface area contributed by atoms with Crippen LogP contribution in [-0.2, 0) is 17.8 Å². The third-order valence-electron chi connectivity index (χ3n) is 3.95. The van der Waals surface area contributed by atoms with Gasteiger partial charge in [-0.25, -0.2) is 0 Å². The van der Waals surface area contributed by atoms with Crippen molar-refractivity contribution in [3.63, 3.8) is 0 Å². The van der Waals surface area contributed by atoms with E-state index in [1.165, 1.54) is 5.56 Å². The Morgan fingerprint density at radius 2 is 1.90 bits per heavy atom. The van der Waals surface area contributed by atoms with Crippen LogP contribution in [0.15, 0.2) is 12.1 Å². The molecule has 1 aromatic rings. The highest BCUT2D eigenvalue weighted by Crippen LogP contribution is 2.33. The Labute approximate surface area is 126 Å². The SMILES string of the molecule is CCCC(N)C(=O)N1CCc2cc(OC)c(OC)cc2C1. The fraction of sp³-hybridized carbons (Fsp3) is 0.562. The van der Waals surface area contributed by atoms with Gasteiger partial charge in [-0.3, -0.25) is 4.79 Å². The molecule has 5 heteroatoms. The minimum Gasteiger partial charge on any atom is -0.493 e. The van der Waals surface area contributed by atoms with Crippen molar-refractivity contribution in [2.24, 2.45) is 5.73 Å². The number of amides is 1. The lowest BCUT2D eigenvalue weighted by molar-refractivity contribution is -0.133. The van der Waals surface area contributed by atoms with Crippen LogP contribution < -0.4 is 15.2 Å². The van der Waals surface area contributed by atoms with Crippen LogP contribution >= 0.6 is 0 Å². The van der Waals surface area contributed by atoms with Gasteiger partial charge in [0.15, 0.2) is 11.5 Å². The van der Waals surface area contributed by atoms with Crippen LogP contribution in [0.4, 0.5) is 0 Å². The van der Waals surface area contributed by atoms with Gasteiger partial charge in [-0.1, -0.05) is 13.3 Å². The highest BCUT2D eigenvalue weighted by atomic mass is 16.5. The molecular formula is C16H24N2O3. The van der Waals surface area contributed by atoms with Crippen LogP contribution in [-0.4, -0.2) is 37.6 Å². The zero-order valence-electron chi connectivity index (χ0n) is 13.0. The summed E-state index contributed by atoms with van der Waals surface area (Å²) in [5.41, 5.74) is 8.26. The maximum absolute atomic E-state index is 12.3. The summed E-state index contributed by atoms with van der Waals surface area (Å²) in [4.78, 5) is 14.2. The number of carbonyl (C=O) groups excluding carboxylic acids is 1. The van der Waals surface area contributed by atoms with Gasteiger partial charge in [-0.15, -0.1) is 0 Å². The molecule has 0 radical (unpaired) electrons. The molecule has 0 saturated heterocycles. The fourth-order valence-electron chi connectivity index (χ4n) is 2.74. The van der Waals surface area contributed by atoms with Crippen LogP contribution in [0.2, 0.25) is 0 Å². The first-order valence-corrected chi connectivity index (χ1v) is 7.38. The van der Waals surface area contributed by atoms with E-state index in [2.05, 4.69) is 0 Å². The molecule has 1 amide bonds. The minimum atomic E-state index is -0.392. The van der Waals surface area contributed by atoms with Crippen molar-refractivity contribution in [3.8, 4) is 11.5 Å². The summed E-state index contributed by atoms with van der Waals surface area (Å²) in [5.74, 6) is 1.47. The Morgan fingerprint density at radius 1 is 1.29 bits per heavy atom. The molecule has 2 N–H and O–H groups in total. The first-order chi connectivity index (χ1) is 10.1. The van der Waals surface area contributed by atoms with Gasteiger partial charge in [0.2, 0.25) is 5.91 Å². The summed E-state index contributed by atoms with van der Waals surface area (Å²) < 4.78 is 10.7. The largest absolute Gasteiger partial charge is 0.493 e. The second-order valence-corrected chi connectivity index (χ2v) is 5.38. The maximum atomic E-state index is 12.3. The molecule has 0 fully saturated rings. The monoisotopic (exact) mass is 292 g/mol. The van der Waals surface area contributed by atoms with Crippen molar-refractivity contribution in [2.45, 2.75) is 38.8 Å². The molecule has 5 nitrogen and oxygen atoms in total. The molecule has 0 bridgehead atoms. The first kappa shape index (κ1) is 15.6. The molecule has 0 aliphatic carbocycles. The molecule has 21 heavy (non-hydrogen) atoms. The van der Waals surface area contributed by atoms with E-state index in [0.717, 1.165) is 30.6 Å². The number of methoxy groups -OCH3 is 2. The van der Waals surface area contributed by atoms with Crippen molar-refractivity contribution >= 4 is 5.91 Å². The summed E-state index contributed by atoms with van der Waals surface area (Å²) in [6.45, 7) is 3.33. The van der Waals surface area contributed by atoms with E-state index >= 15 is 0 Å². The molecule has 0 saturated carbocycles. The highest BCUT2D eigenvalue weighted by Gasteiger charge is 2.25. The molecule has 116 valence electrons. The van der Waals surface area contributed by atoms with Gasteiger partial charge >= 0.3 is 0 Å². The van der Waals surface area contributed by atoms with Crippen LogP contribution in [0.5, 0.6) is 11.5 Å². The van der Waals surface area contributed by atoms with Crippen molar-refractivity contribution in [1.82, 2.24) is 4.90 Å². The van der Waals surface area contributed by atoms with Gasteiger partial charge in [0.25, 0.3) is 0 Å². The van der Waals surface area contributed by atoms with E-state index < -0.39 is 6.04 Å². The first-order valence-electron chi connectivity index (χ1n) is 7.38. The molecule has 2 rings (SSSR count). The Hall–Kier alpha value is -1.75. The van der Waals surface area contributed by atoms with Gasteiger partial charge in [0, 0.05) is 13.1 Å². The zero-order chi connectivity index (χ0) is 15.4. The number of fused-ring (bicyclic) bond motifs is 1. The molecule has 0 spiro atoms. The lowest BCUT2D eigenvalue weighted by Gasteiger charge is -2.31. The Morgan fingerprint density at radius 3 is 2.48 bits per heavy atom. The summed E-state index contributed by atoms with van der Waals surface area (Å²) in [6.07, 6.45) is 2.47. The van der Waals surface area contributed by atoms with Crippen molar-refractivity contribution in [2.75, 3.05) is 20.8 Å². The number of carbonyl (C=O) groups is 1. The van der Waals surface area contributed by atoms with Gasteiger partial charge in [-0.05, 0) is 36.1 Å². The Bertz CT molecular complexity index is 516. The van der Waals surface area contributed by atoms with E-state index in [0.29, 0.717) is 18.8 Å². The molecular weight excluding hydrogens is 268 g/mol. The third kappa shape index (κ3) is 3.29. The molecule has 1 aliphatic rings. The standard InChI is InChI=1S/C16H24N2O3/c1-4-5-13(17)16(19)18-7-6-11-8-14(20-2)15(21-3)9-12(11)10-18/h8-9,13H,4-7,10,17H2,1-3H3. The van der Waals surface area contributed by atoms with Crippen LogP contribution in [0, 0.1) is 0 Å². The number of rotatable bonds is 5. The van der Waals surface area contributed by atoms with E-state index in [1.807, 2.05) is 24.0 Å². The normalized spacial score (nSPS) is 15.3. The molecule has 1 heterocycles. The lowest BCUT2D eigenvalue weighted by atomic mass is 9.98. The second kappa shape index (κ2) is 6.80. The van der Waals surface area contributed by atoms with E-state index in [-0.39, 0.29) is 5.91 Å². The predicted molar refractivity (Wildman–Crippen MR) is 81.6 cm³/mol. The number of hydrogen-bond acceptors (Lipinski definition) is 4. The van der Waals surface area contributed by atoms with Crippen LogP contribution in [0.3, 0.4) is 0 Å². The quantitative estimate of drug-likeness (QED) is 0.897. The van der Waals surface area contributed by atoms with Gasteiger partial charge in [0.05, 0.1) is 20.3 Å². The molecule has 1 aromatic carbocycles. The molecule has 1 aliphatic heterocycles. The van der Waals surface area contributed by atoms with Gasteiger partial charge in [-0.2, -0.15) is 0 Å². The molecule has 1 atom stereocenters. The summed E-state index contributed by atoms with van der Waals surface area (Å²) in [6, 6.07) is 3.57.